The maximum absolute atomic E-state index is 12.7. The molecule has 0 unspecified atom stereocenters. The van der Waals surface area contributed by atoms with Gasteiger partial charge in [0, 0.05) is 22.6 Å². The Balaban J connectivity index is 3.07. The maximum Gasteiger partial charge on any atom is 0.0866 e. The number of rotatable bonds is 1. The number of piperidine rings is 1. The summed E-state index contributed by atoms with van der Waals surface area (Å²) < 4.78 is 49.3. The molecule has 1 atom stereocenters. The summed E-state index contributed by atoms with van der Waals surface area (Å²) in [5.41, 5.74) is -1.44. The van der Waals surface area contributed by atoms with Crippen LogP contribution in [0.5, 0.6) is 0 Å². The highest BCUT2D eigenvalue weighted by Gasteiger charge is 2.33. The summed E-state index contributed by atoms with van der Waals surface area (Å²) in [4.78, 5) is 1.08. The molecule has 1 aliphatic rings. The van der Waals surface area contributed by atoms with E-state index < -0.39 is 18.9 Å². The predicted molar refractivity (Wildman–Crippen MR) is 46.5 cm³/mol. The number of halogens is 1. The third-order valence-electron chi connectivity index (χ3n) is 2.25. The lowest BCUT2D eigenvalue weighted by Crippen LogP contribution is -2.43. The van der Waals surface area contributed by atoms with Crippen LogP contribution in [0, 0.1) is 5.41 Å². The summed E-state index contributed by atoms with van der Waals surface area (Å²) in [6, 6.07) is 0. The molecule has 0 amide bonds. The Morgan fingerprint density at radius 3 is 3.25 bits per heavy atom. The average Bonchev–Trinajstić information content (AvgIpc) is 2.14. The number of hydrogen-bond acceptors (Lipinski definition) is 2. The van der Waals surface area contributed by atoms with Crippen LogP contribution in [-0.2, 0) is 0 Å². The summed E-state index contributed by atoms with van der Waals surface area (Å²) >= 11 is 0. The normalized spacial score (nSPS) is 44.2. The first-order valence-corrected chi connectivity index (χ1v) is 3.79. The molecule has 1 N–H and O–H groups in total. The van der Waals surface area contributed by atoms with E-state index >= 15 is 0 Å². The second-order valence-electron chi connectivity index (χ2n) is 3.25. The van der Waals surface area contributed by atoms with Crippen molar-refractivity contribution in [1.82, 2.24) is 4.90 Å². The zero-order valence-electron chi connectivity index (χ0n) is 12.0. The lowest BCUT2D eigenvalue weighted by molar-refractivity contribution is 0.102. The Bertz CT molecular complexity index is 324. The summed E-state index contributed by atoms with van der Waals surface area (Å²) in [6.45, 7) is -3.83. The number of nitrogens with zero attached hydrogens (tertiary/aromatic N) is 1. The van der Waals surface area contributed by atoms with Gasteiger partial charge in [-0.2, -0.15) is 0 Å². The Morgan fingerprint density at radius 2 is 2.75 bits per heavy atom. The quantitative estimate of drug-likeness (QED) is 0.651. The van der Waals surface area contributed by atoms with E-state index in [9.17, 15) is 9.50 Å². The highest BCUT2D eigenvalue weighted by molar-refractivity contribution is 5.15. The van der Waals surface area contributed by atoms with Gasteiger partial charge in [-0.25, -0.2) is 4.39 Å². The van der Waals surface area contributed by atoms with E-state index in [1.165, 1.54) is 6.92 Å². The molecule has 0 aromatic carbocycles. The van der Waals surface area contributed by atoms with Crippen molar-refractivity contribution in [2.75, 3.05) is 26.6 Å². The predicted octanol–water partition coefficient (Wildman–Crippen LogP) is 1.17. The topological polar surface area (TPSA) is 23.5 Å². The van der Waals surface area contributed by atoms with E-state index in [2.05, 4.69) is 0 Å². The zero-order valence-corrected chi connectivity index (χ0v) is 6.97. The summed E-state index contributed by atoms with van der Waals surface area (Å²) in [5.74, 6) is 0. The van der Waals surface area contributed by atoms with Crippen molar-refractivity contribution < 1.29 is 16.4 Å². The van der Waals surface area contributed by atoms with Crippen LogP contribution in [0.25, 0.3) is 0 Å². The molecule has 0 aromatic rings. The van der Waals surface area contributed by atoms with Gasteiger partial charge in [-0.05, 0) is 19.0 Å². The summed E-state index contributed by atoms with van der Waals surface area (Å²) in [5, 5.41) is 9.50. The Labute approximate surface area is 79.7 Å². The van der Waals surface area contributed by atoms with Crippen LogP contribution < -0.4 is 0 Å². The van der Waals surface area contributed by atoms with Crippen molar-refractivity contribution in [2.45, 2.75) is 13.3 Å². The van der Waals surface area contributed by atoms with Crippen molar-refractivity contribution >= 4 is 0 Å². The molecule has 0 aromatic heterocycles. The van der Waals surface area contributed by atoms with Gasteiger partial charge in [0.2, 0.25) is 0 Å². The second-order valence-corrected chi connectivity index (χ2v) is 3.25. The highest BCUT2D eigenvalue weighted by Crippen LogP contribution is 2.33. The van der Waals surface area contributed by atoms with Crippen LogP contribution in [0.1, 0.15) is 20.2 Å². The van der Waals surface area contributed by atoms with Crippen LogP contribution in [0.4, 0.5) is 4.39 Å². The van der Waals surface area contributed by atoms with Crippen LogP contribution in [0.15, 0.2) is 11.9 Å². The molecular weight excluding hydrogens is 157 g/mol. The molecule has 1 rings (SSSR count). The monoisotopic (exact) mass is 178 g/mol. The van der Waals surface area contributed by atoms with Gasteiger partial charge in [-0.15, -0.1) is 0 Å². The van der Waals surface area contributed by atoms with Crippen molar-refractivity contribution in [3.8, 4) is 0 Å². The molecule has 0 bridgehead atoms. The van der Waals surface area contributed by atoms with Crippen molar-refractivity contribution in [3.63, 3.8) is 0 Å². The molecule has 1 fully saturated rings. The Kier molecular flexibility index (Phi) is 1.39. The maximum atomic E-state index is 12.7. The first kappa shape index (κ1) is 4.72. The molecule has 1 aliphatic heterocycles. The first-order valence-electron chi connectivity index (χ1n) is 6.29. The summed E-state index contributed by atoms with van der Waals surface area (Å²) in [7, 11) is 0. The molecule has 12 heavy (non-hydrogen) atoms. The molecule has 0 spiro atoms. The highest BCUT2D eigenvalue weighted by atomic mass is 19.1. The number of aliphatic hydroxyl groups is 1. The molecule has 1 saturated heterocycles. The van der Waals surface area contributed by atoms with Crippen molar-refractivity contribution in [2.24, 2.45) is 5.41 Å². The molecule has 1 heterocycles. The lowest BCUT2D eigenvalue weighted by Gasteiger charge is -2.39. The number of likely N-dealkylation sites (tertiary alicyclic amines) is 1. The van der Waals surface area contributed by atoms with Gasteiger partial charge in [-0.3, -0.25) is 0 Å². The number of hydrogen-bond donors (Lipinski definition) is 1. The third kappa shape index (κ3) is 1.67. The van der Waals surface area contributed by atoms with E-state index in [-0.39, 0.29) is 31.4 Å². The van der Waals surface area contributed by atoms with Gasteiger partial charge in [0.25, 0.3) is 0 Å². The van der Waals surface area contributed by atoms with Gasteiger partial charge in [0.15, 0.2) is 0 Å². The van der Waals surface area contributed by atoms with Crippen LogP contribution in [0.2, 0.25) is 0 Å². The van der Waals surface area contributed by atoms with Crippen LogP contribution >= 0.6 is 0 Å². The molecule has 0 saturated carbocycles. The van der Waals surface area contributed by atoms with E-state index in [4.69, 9.17) is 6.85 Å². The molecule has 0 radical (unpaired) electrons. The van der Waals surface area contributed by atoms with Crippen LogP contribution in [0.3, 0.4) is 0 Å². The Hall–Kier alpha value is -0.410. The molecular formula is C9H16FNO. The van der Waals surface area contributed by atoms with E-state index in [1.54, 1.807) is 0 Å². The Morgan fingerprint density at radius 1 is 2.00 bits per heavy atom. The minimum atomic E-state index is -2.67. The smallest absolute Gasteiger partial charge is 0.0866 e. The average molecular weight is 178 g/mol. The van der Waals surface area contributed by atoms with Gasteiger partial charge in [0.05, 0.1) is 15.6 Å². The molecule has 0 aliphatic carbocycles. The first-order chi connectivity index (χ1) is 7.52. The van der Waals surface area contributed by atoms with Crippen molar-refractivity contribution in [1.29, 1.82) is 0 Å². The minimum Gasteiger partial charge on any atom is -0.395 e. The van der Waals surface area contributed by atoms with Gasteiger partial charge in [-0.1, -0.05) is 6.92 Å². The summed E-state index contributed by atoms with van der Waals surface area (Å²) in [6.07, 6.45) is 0.358. The van der Waals surface area contributed by atoms with Gasteiger partial charge >= 0.3 is 0 Å². The van der Waals surface area contributed by atoms with Crippen LogP contribution in [-0.4, -0.2) is 36.6 Å². The second kappa shape index (κ2) is 3.54. The third-order valence-corrected chi connectivity index (χ3v) is 2.25. The zero-order chi connectivity index (χ0) is 13.5. The largest absolute Gasteiger partial charge is 0.395 e. The fourth-order valence-corrected chi connectivity index (χ4v) is 1.38. The lowest BCUT2D eigenvalue weighted by atomic mass is 9.79. The van der Waals surface area contributed by atoms with E-state index in [0.29, 0.717) is 0 Å². The molecule has 70 valence electrons. The molecule has 2 nitrogen and oxygen atoms in total. The standard InChI is InChI=1S/C9H16FNO/c1-9(7-12)6-11(2)4-3-8(9)5-10/h5,12H,3-4,6-7H2,1-2H3/b8-5-/t9-/m0/s1/i2D3,7D2. The fourth-order valence-electron chi connectivity index (χ4n) is 1.38. The van der Waals surface area contributed by atoms with E-state index in [0.717, 1.165) is 4.90 Å². The SMILES string of the molecule is [2H]C([2H])([2H])N1CC/C(=C/F)[C@](C)(C([2H])([2H])O)C1. The molecule has 3 heteroatoms. The van der Waals surface area contributed by atoms with Gasteiger partial charge < -0.3 is 10.0 Å². The van der Waals surface area contributed by atoms with E-state index in [1.807, 2.05) is 0 Å². The fraction of sp³-hybridized carbons (Fsp3) is 0.778. The minimum absolute atomic E-state index is 0.0887. The van der Waals surface area contributed by atoms with Crippen molar-refractivity contribution in [3.05, 3.63) is 11.9 Å². The van der Waals surface area contributed by atoms with Gasteiger partial charge in [0.1, 0.15) is 0 Å².